The first-order valence-corrected chi connectivity index (χ1v) is 12.1. The van der Waals surface area contributed by atoms with Crippen LogP contribution in [0.2, 0.25) is 5.02 Å². The van der Waals surface area contributed by atoms with E-state index in [0.29, 0.717) is 41.6 Å². The fraction of sp³-hybridized carbons (Fsp3) is 0.207. The molecule has 1 aromatic heterocycles. The first-order chi connectivity index (χ1) is 17.0. The van der Waals surface area contributed by atoms with E-state index in [4.69, 9.17) is 16.6 Å². The van der Waals surface area contributed by atoms with Crippen LogP contribution in [-0.2, 0) is 24.2 Å². The van der Waals surface area contributed by atoms with Gasteiger partial charge < -0.3 is 4.90 Å². The van der Waals surface area contributed by atoms with Gasteiger partial charge >= 0.3 is 0 Å². The SMILES string of the molecule is Cc1nc2c(c(=O)n1C(c1ccccc1)c1ccccc1)CCN(C(=O)Cc1ccccc1Cl)C2. The molecule has 1 aliphatic heterocycles. The van der Waals surface area contributed by atoms with Crippen molar-refractivity contribution in [3.05, 3.63) is 134 Å². The molecule has 0 radical (unpaired) electrons. The molecule has 0 saturated heterocycles. The average molecular weight is 484 g/mol. The van der Waals surface area contributed by atoms with Crippen LogP contribution >= 0.6 is 11.6 Å². The minimum absolute atomic E-state index is 0.0150. The molecule has 0 saturated carbocycles. The van der Waals surface area contributed by atoms with Gasteiger partial charge in [-0.05, 0) is 36.1 Å². The molecule has 6 heteroatoms. The summed E-state index contributed by atoms with van der Waals surface area (Å²) < 4.78 is 1.80. The van der Waals surface area contributed by atoms with E-state index in [9.17, 15) is 9.59 Å². The van der Waals surface area contributed by atoms with Crippen LogP contribution in [0.5, 0.6) is 0 Å². The maximum Gasteiger partial charge on any atom is 0.257 e. The first-order valence-electron chi connectivity index (χ1n) is 11.7. The lowest BCUT2D eigenvalue weighted by atomic mass is 9.97. The molecule has 1 amide bonds. The summed E-state index contributed by atoms with van der Waals surface area (Å²) in [5, 5.41) is 0.586. The van der Waals surface area contributed by atoms with Gasteiger partial charge in [0.25, 0.3) is 5.56 Å². The van der Waals surface area contributed by atoms with Crippen LogP contribution in [-0.4, -0.2) is 26.9 Å². The second kappa shape index (κ2) is 9.88. The van der Waals surface area contributed by atoms with Crippen molar-refractivity contribution in [3.8, 4) is 0 Å². The number of carbonyl (C=O) groups excluding carboxylic acids is 1. The fourth-order valence-electron chi connectivity index (χ4n) is 4.82. The molecule has 35 heavy (non-hydrogen) atoms. The molecular formula is C29H26ClN3O2. The highest BCUT2D eigenvalue weighted by Gasteiger charge is 2.28. The molecule has 0 N–H and O–H groups in total. The van der Waals surface area contributed by atoms with E-state index in [1.54, 1.807) is 15.5 Å². The summed E-state index contributed by atoms with van der Waals surface area (Å²) in [6.45, 7) is 2.68. The van der Waals surface area contributed by atoms with E-state index in [0.717, 1.165) is 16.7 Å². The summed E-state index contributed by atoms with van der Waals surface area (Å²) in [6.07, 6.45) is 0.709. The van der Waals surface area contributed by atoms with Crippen molar-refractivity contribution in [1.82, 2.24) is 14.5 Å². The highest BCUT2D eigenvalue weighted by Crippen LogP contribution is 2.27. The van der Waals surface area contributed by atoms with E-state index >= 15 is 0 Å². The van der Waals surface area contributed by atoms with E-state index in [1.807, 2.05) is 85.8 Å². The van der Waals surface area contributed by atoms with Crippen LogP contribution < -0.4 is 5.56 Å². The number of fused-ring (bicyclic) bond motifs is 1. The van der Waals surface area contributed by atoms with E-state index in [-0.39, 0.29) is 23.9 Å². The minimum Gasteiger partial charge on any atom is -0.336 e. The topological polar surface area (TPSA) is 55.2 Å². The molecule has 5 rings (SSSR count). The smallest absolute Gasteiger partial charge is 0.257 e. The van der Waals surface area contributed by atoms with Gasteiger partial charge in [0.05, 0.1) is 24.7 Å². The molecule has 3 aromatic carbocycles. The molecule has 4 aromatic rings. The van der Waals surface area contributed by atoms with Crippen molar-refractivity contribution in [3.63, 3.8) is 0 Å². The van der Waals surface area contributed by atoms with Gasteiger partial charge in [0, 0.05) is 17.1 Å². The molecule has 0 bridgehead atoms. The Kier molecular flexibility index (Phi) is 6.51. The minimum atomic E-state index is -0.275. The van der Waals surface area contributed by atoms with E-state index in [1.165, 1.54) is 0 Å². The lowest BCUT2D eigenvalue weighted by Gasteiger charge is -2.30. The van der Waals surface area contributed by atoms with Crippen molar-refractivity contribution in [2.45, 2.75) is 32.4 Å². The predicted octanol–water partition coefficient (Wildman–Crippen LogP) is 4.97. The van der Waals surface area contributed by atoms with Gasteiger partial charge in [-0.1, -0.05) is 90.5 Å². The van der Waals surface area contributed by atoms with Crippen molar-refractivity contribution in [1.29, 1.82) is 0 Å². The van der Waals surface area contributed by atoms with Crippen LogP contribution in [0.3, 0.4) is 0 Å². The fourth-order valence-corrected chi connectivity index (χ4v) is 5.02. The molecule has 1 aliphatic rings. The number of halogens is 1. The first kappa shape index (κ1) is 23.1. The summed E-state index contributed by atoms with van der Waals surface area (Å²) in [5.41, 5.74) is 4.19. The van der Waals surface area contributed by atoms with Gasteiger partial charge in [0.15, 0.2) is 0 Å². The number of amides is 1. The molecule has 176 valence electrons. The Morgan fingerprint density at radius 1 is 0.943 bits per heavy atom. The van der Waals surface area contributed by atoms with Gasteiger partial charge in [-0.2, -0.15) is 0 Å². The Morgan fingerprint density at radius 3 is 2.17 bits per heavy atom. The summed E-state index contributed by atoms with van der Waals surface area (Å²) in [5.74, 6) is 0.616. The van der Waals surface area contributed by atoms with E-state index < -0.39 is 0 Å². The third-order valence-corrected chi connectivity index (χ3v) is 6.95. The Hall–Kier alpha value is -3.70. The molecule has 2 heterocycles. The monoisotopic (exact) mass is 483 g/mol. The number of carbonyl (C=O) groups is 1. The highest BCUT2D eigenvalue weighted by molar-refractivity contribution is 6.31. The molecule has 0 fully saturated rings. The van der Waals surface area contributed by atoms with Gasteiger partial charge in [0.2, 0.25) is 5.91 Å². The van der Waals surface area contributed by atoms with Crippen LogP contribution in [0.1, 0.15) is 39.8 Å². The molecule has 0 unspecified atom stereocenters. The lowest BCUT2D eigenvalue weighted by Crippen LogP contribution is -2.42. The molecule has 0 aliphatic carbocycles. The van der Waals surface area contributed by atoms with Gasteiger partial charge in [-0.15, -0.1) is 0 Å². The average Bonchev–Trinajstić information content (AvgIpc) is 2.88. The van der Waals surface area contributed by atoms with Crippen LogP contribution in [0, 0.1) is 6.92 Å². The standard InChI is InChI=1S/C29H26ClN3O2/c1-20-31-26-19-32(27(34)18-23-14-8-9-15-25(23)30)17-16-24(26)29(35)33(20)28(21-10-4-2-5-11-21)22-12-6-3-7-13-22/h2-15,28H,16-19H2,1H3. The zero-order valence-corrected chi connectivity index (χ0v) is 20.3. The number of aromatic nitrogens is 2. The summed E-state index contributed by atoms with van der Waals surface area (Å²) in [4.78, 5) is 33.5. The molecular weight excluding hydrogens is 458 g/mol. The van der Waals surface area contributed by atoms with Crippen LogP contribution in [0.4, 0.5) is 0 Å². The summed E-state index contributed by atoms with van der Waals surface area (Å²) >= 11 is 6.25. The molecule has 0 atom stereocenters. The largest absolute Gasteiger partial charge is 0.336 e. The molecule has 5 nitrogen and oxygen atoms in total. The van der Waals surface area contributed by atoms with Gasteiger partial charge in [-0.3, -0.25) is 14.2 Å². The Balaban J connectivity index is 1.49. The number of benzene rings is 3. The quantitative estimate of drug-likeness (QED) is 0.402. The van der Waals surface area contributed by atoms with Gasteiger partial charge in [-0.25, -0.2) is 4.98 Å². The normalized spacial score (nSPS) is 13.1. The zero-order valence-electron chi connectivity index (χ0n) is 19.5. The van der Waals surface area contributed by atoms with E-state index in [2.05, 4.69) is 0 Å². The number of hydrogen-bond donors (Lipinski definition) is 0. The zero-order chi connectivity index (χ0) is 24.4. The maximum atomic E-state index is 13.8. The number of aryl methyl sites for hydroxylation is 1. The number of hydrogen-bond acceptors (Lipinski definition) is 3. The third-order valence-electron chi connectivity index (χ3n) is 6.58. The van der Waals surface area contributed by atoms with Crippen molar-refractivity contribution in [2.24, 2.45) is 0 Å². The van der Waals surface area contributed by atoms with Gasteiger partial charge in [0.1, 0.15) is 5.82 Å². The summed E-state index contributed by atoms with van der Waals surface area (Å²) in [6, 6.07) is 27.2. The second-order valence-corrected chi connectivity index (χ2v) is 9.22. The Bertz CT molecular complexity index is 1380. The van der Waals surface area contributed by atoms with Crippen molar-refractivity contribution < 1.29 is 4.79 Å². The van der Waals surface area contributed by atoms with Crippen molar-refractivity contribution in [2.75, 3.05) is 6.54 Å². The lowest BCUT2D eigenvalue weighted by molar-refractivity contribution is -0.131. The van der Waals surface area contributed by atoms with Crippen LogP contribution in [0.25, 0.3) is 0 Å². The van der Waals surface area contributed by atoms with Crippen LogP contribution in [0.15, 0.2) is 89.7 Å². The summed E-state index contributed by atoms with van der Waals surface area (Å²) in [7, 11) is 0. The Morgan fingerprint density at radius 2 is 1.54 bits per heavy atom. The third kappa shape index (κ3) is 4.64. The maximum absolute atomic E-state index is 13.8. The predicted molar refractivity (Wildman–Crippen MR) is 138 cm³/mol. The molecule has 0 spiro atoms. The number of rotatable bonds is 5. The van der Waals surface area contributed by atoms with Crippen molar-refractivity contribution >= 4 is 17.5 Å². The number of nitrogens with zero attached hydrogens (tertiary/aromatic N) is 3. The Labute approximate surface area is 209 Å². The second-order valence-electron chi connectivity index (χ2n) is 8.82. The highest BCUT2D eigenvalue weighted by atomic mass is 35.5.